The van der Waals surface area contributed by atoms with Crippen LogP contribution in [0.1, 0.15) is 68.4 Å². The van der Waals surface area contributed by atoms with E-state index in [0.717, 1.165) is 36.0 Å². The van der Waals surface area contributed by atoms with Gasteiger partial charge in [0.15, 0.2) is 0 Å². The molecule has 6 heteroatoms. The number of aromatic nitrogens is 2. The second-order valence-electron chi connectivity index (χ2n) is 9.56. The lowest BCUT2D eigenvalue weighted by Crippen LogP contribution is -2.32. The molecule has 2 saturated carbocycles. The molecule has 0 spiro atoms. The van der Waals surface area contributed by atoms with Gasteiger partial charge in [-0.05, 0) is 67.7 Å². The summed E-state index contributed by atoms with van der Waals surface area (Å²) in [6, 6.07) is 15.8. The molecule has 2 aliphatic carbocycles. The van der Waals surface area contributed by atoms with Gasteiger partial charge in [-0.2, -0.15) is 4.98 Å². The molecule has 0 radical (unpaired) electrons. The summed E-state index contributed by atoms with van der Waals surface area (Å²) >= 11 is 0. The topological polar surface area (TPSA) is 64.9 Å². The maximum Gasteiger partial charge on any atom is 0.258 e. The van der Waals surface area contributed by atoms with Gasteiger partial charge in [-0.15, -0.1) is 0 Å². The molecule has 1 heterocycles. The van der Waals surface area contributed by atoms with Gasteiger partial charge in [0.25, 0.3) is 5.89 Å². The Balaban J connectivity index is 1.29. The van der Waals surface area contributed by atoms with Crippen molar-refractivity contribution in [2.24, 2.45) is 5.73 Å². The number of hydrogen-bond acceptors (Lipinski definition) is 4. The van der Waals surface area contributed by atoms with E-state index in [2.05, 4.69) is 29.2 Å². The lowest BCUT2D eigenvalue weighted by molar-refractivity contribution is 0.00776. The minimum Gasteiger partial charge on any atom is -0.334 e. The molecular weight excluding hydrogens is 396 g/mol. The minimum atomic E-state index is -2.54. The van der Waals surface area contributed by atoms with Gasteiger partial charge in [0.05, 0.1) is 0 Å². The summed E-state index contributed by atoms with van der Waals surface area (Å²) in [4.78, 5) is 4.53. The molecule has 2 aromatic carbocycles. The van der Waals surface area contributed by atoms with E-state index in [0.29, 0.717) is 24.1 Å². The van der Waals surface area contributed by atoms with Crippen LogP contribution >= 0.6 is 0 Å². The Kier molecular flexibility index (Phi) is 4.93. The maximum absolute atomic E-state index is 13.5. The number of halogens is 2. The van der Waals surface area contributed by atoms with Crippen molar-refractivity contribution in [1.82, 2.24) is 10.1 Å². The molecule has 4 nitrogen and oxygen atoms in total. The van der Waals surface area contributed by atoms with Crippen molar-refractivity contribution in [3.8, 4) is 22.8 Å². The normalized spacial score (nSPS) is 27.6. The van der Waals surface area contributed by atoms with Gasteiger partial charge in [-0.25, -0.2) is 8.78 Å². The predicted molar refractivity (Wildman–Crippen MR) is 116 cm³/mol. The van der Waals surface area contributed by atoms with Gasteiger partial charge in [0.2, 0.25) is 11.7 Å². The summed E-state index contributed by atoms with van der Waals surface area (Å²) < 4.78 is 32.5. The number of hydrogen-bond donors (Lipinski definition) is 1. The van der Waals surface area contributed by atoms with Crippen molar-refractivity contribution in [3.05, 3.63) is 59.7 Å². The highest BCUT2D eigenvalue weighted by Gasteiger charge is 2.39. The third-order valence-electron chi connectivity index (χ3n) is 6.88. The van der Waals surface area contributed by atoms with E-state index >= 15 is 0 Å². The van der Waals surface area contributed by atoms with Crippen LogP contribution in [-0.2, 0) is 0 Å². The van der Waals surface area contributed by atoms with Crippen molar-refractivity contribution in [2.75, 3.05) is 0 Å². The Morgan fingerprint density at radius 2 is 1.45 bits per heavy atom. The van der Waals surface area contributed by atoms with Crippen LogP contribution in [0.4, 0.5) is 8.78 Å². The molecule has 31 heavy (non-hydrogen) atoms. The van der Waals surface area contributed by atoms with Gasteiger partial charge in [0.1, 0.15) is 0 Å². The fraction of sp³-hybridized carbons (Fsp3) is 0.440. The Bertz CT molecular complexity index is 973. The molecule has 162 valence electrons. The van der Waals surface area contributed by atoms with Crippen LogP contribution in [0.3, 0.4) is 0 Å². The fourth-order valence-electron chi connectivity index (χ4n) is 5.05. The van der Waals surface area contributed by atoms with Crippen molar-refractivity contribution >= 4 is 0 Å². The lowest BCUT2D eigenvalue weighted by Gasteiger charge is -2.17. The van der Waals surface area contributed by atoms with Crippen molar-refractivity contribution in [3.63, 3.8) is 0 Å². The SMILES string of the molecule is CC1(N)CCC(c2ccc(-c3noc(-c4ccc(C5CCC(F)(F)C5)cc4)n3)cc2)C1. The van der Waals surface area contributed by atoms with Gasteiger partial charge in [0, 0.05) is 29.5 Å². The summed E-state index contributed by atoms with van der Waals surface area (Å²) in [6.45, 7) is 2.12. The van der Waals surface area contributed by atoms with Gasteiger partial charge in [-0.1, -0.05) is 41.6 Å². The number of nitrogens with zero attached hydrogens (tertiary/aromatic N) is 2. The van der Waals surface area contributed by atoms with E-state index in [1.165, 1.54) is 5.56 Å². The van der Waals surface area contributed by atoms with E-state index < -0.39 is 5.92 Å². The quantitative estimate of drug-likeness (QED) is 0.535. The first-order valence-corrected chi connectivity index (χ1v) is 11.0. The molecule has 0 amide bonds. The molecule has 3 atom stereocenters. The second kappa shape index (κ2) is 7.52. The van der Waals surface area contributed by atoms with E-state index in [4.69, 9.17) is 10.3 Å². The van der Waals surface area contributed by atoms with E-state index in [-0.39, 0.29) is 24.3 Å². The van der Waals surface area contributed by atoms with E-state index in [1.807, 2.05) is 36.4 Å². The van der Waals surface area contributed by atoms with Crippen molar-refractivity contribution in [1.29, 1.82) is 0 Å². The van der Waals surface area contributed by atoms with Gasteiger partial charge >= 0.3 is 0 Å². The second-order valence-corrected chi connectivity index (χ2v) is 9.56. The molecular formula is C25H27F2N3O. The first-order valence-electron chi connectivity index (χ1n) is 11.0. The van der Waals surface area contributed by atoms with E-state index in [1.54, 1.807) is 0 Å². The average Bonchev–Trinajstić information content (AvgIpc) is 3.47. The molecule has 3 unspecified atom stereocenters. The smallest absolute Gasteiger partial charge is 0.258 e. The Hall–Kier alpha value is -2.60. The molecule has 2 fully saturated rings. The molecule has 5 rings (SSSR count). The lowest BCUT2D eigenvalue weighted by atomic mass is 9.94. The summed E-state index contributed by atoms with van der Waals surface area (Å²) in [5, 5.41) is 4.13. The third-order valence-corrected chi connectivity index (χ3v) is 6.88. The third kappa shape index (κ3) is 4.26. The molecule has 2 aliphatic rings. The van der Waals surface area contributed by atoms with Crippen molar-refractivity contribution in [2.45, 2.75) is 68.7 Å². The number of nitrogens with two attached hydrogens (primary N) is 1. The van der Waals surface area contributed by atoms with Crippen LogP contribution in [0, 0.1) is 0 Å². The predicted octanol–water partition coefficient (Wildman–Crippen LogP) is 6.29. The standard InChI is InChI=1S/C25H27F2N3O/c1-24(28)12-10-20(14-24)16-2-6-18(7-3-16)22-29-23(31-30-22)19-8-4-17(5-9-19)21-11-13-25(26,27)15-21/h2-9,20-21H,10-15,28H2,1H3. The zero-order valence-corrected chi connectivity index (χ0v) is 17.7. The monoisotopic (exact) mass is 423 g/mol. The Morgan fingerprint density at radius 1 is 0.871 bits per heavy atom. The first-order chi connectivity index (χ1) is 14.8. The van der Waals surface area contributed by atoms with Crippen LogP contribution in [0.5, 0.6) is 0 Å². The summed E-state index contributed by atoms with van der Waals surface area (Å²) in [7, 11) is 0. The number of rotatable bonds is 4. The van der Waals surface area contributed by atoms with Crippen LogP contribution in [-0.4, -0.2) is 21.6 Å². The van der Waals surface area contributed by atoms with Crippen LogP contribution < -0.4 is 5.73 Å². The van der Waals surface area contributed by atoms with Crippen LogP contribution in [0.2, 0.25) is 0 Å². The molecule has 0 saturated heterocycles. The Morgan fingerprint density at radius 3 is 2.00 bits per heavy atom. The zero-order valence-electron chi connectivity index (χ0n) is 17.7. The van der Waals surface area contributed by atoms with Gasteiger partial charge < -0.3 is 10.3 Å². The molecule has 0 bridgehead atoms. The highest BCUT2D eigenvalue weighted by Crippen LogP contribution is 2.44. The Labute approximate surface area is 180 Å². The summed E-state index contributed by atoms with van der Waals surface area (Å²) in [5.74, 6) is -1.16. The van der Waals surface area contributed by atoms with E-state index in [9.17, 15) is 8.78 Å². The number of benzene rings is 2. The largest absolute Gasteiger partial charge is 0.334 e. The number of alkyl halides is 2. The van der Waals surface area contributed by atoms with Crippen LogP contribution in [0.25, 0.3) is 22.8 Å². The maximum atomic E-state index is 13.5. The molecule has 0 aliphatic heterocycles. The molecule has 3 aromatic rings. The molecule has 2 N–H and O–H groups in total. The highest BCUT2D eigenvalue weighted by molar-refractivity contribution is 5.60. The minimum absolute atomic E-state index is 0.0302. The highest BCUT2D eigenvalue weighted by atomic mass is 19.3. The van der Waals surface area contributed by atoms with Crippen LogP contribution in [0.15, 0.2) is 53.1 Å². The van der Waals surface area contributed by atoms with Crippen molar-refractivity contribution < 1.29 is 13.3 Å². The fourth-order valence-corrected chi connectivity index (χ4v) is 5.05. The summed E-state index contributed by atoms with van der Waals surface area (Å²) in [5.41, 5.74) is 10.1. The molecule has 1 aromatic heterocycles. The zero-order chi connectivity index (χ0) is 21.6. The first kappa shape index (κ1) is 20.3. The summed E-state index contributed by atoms with van der Waals surface area (Å²) in [6.07, 6.45) is 3.60. The van der Waals surface area contributed by atoms with Gasteiger partial charge in [-0.3, -0.25) is 0 Å². The average molecular weight is 424 g/mol.